The monoisotopic (exact) mass is 408 g/mol. The van der Waals surface area contributed by atoms with Crippen molar-refractivity contribution in [2.75, 3.05) is 0 Å². The van der Waals surface area contributed by atoms with Crippen LogP contribution in [0.5, 0.6) is 5.75 Å². The first-order valence-electron chi connectivity index (χ1n) is 9.70. The van der Waals surface area contributed by atoms with Crippen LogP contribution in [0.1, 0.15) is 26.7 Å². The highest BCUT2D eigenvalue weighted by Crippen LogP contribution is 2.29. The highest BCUT2D eigenvalue weighted by molar-refractivity contribution is 5.93. The predicted molar refractivity (Wildman–Crippen MR) is 110 cm³/mol. The Hall–Kier alpha value is -3.61. The van der Waals surface area contributed by atoms with E-state index in [9.17, 15) is 19.5 Å². The molecule has 0 saturated heterocycles. The molecule has 30 heavy (non-hydrogen) atoms. The van der Waals surface area contributed by atoms with Crippen molar-refractivity contribution in [1.29, 1.82) is 0 Å². The zero-order valence-corrected chi connectivity index (χ0v) is 16.7. The number of nitrogens with one attached hydrogen (secondary N) is 1. The molecule has 1 heterocycles. The zero-order chi connectivity index (χ0) is 21.7. The van der Waals surface area contributed by atoms with Gasteiger partial charge in [-0.25, -0.2) is 4.79 Å². The van der Waals surface area contributed by atoms with Gasteiger partial charge in [-0.1, -0.05) is 43.7 Å². The van der Waals surface area contributed by atoms with Crippen LogP contribution in [-0.4, -0.2) is 24.0 Å². The maximum absolute atomic E-state index is 12.3. The molecule has 2 atom stereocenters. The van der Waals surface area contributed by atoms with Crippen molar-refractivity contribution >= 4 is 22.8 Å². The summed E-state index contributed by atoms with van der Waals surface area (Å²) < 4.78 is 11.0. The molecule has 0 bridgehead atoms. The molecule has 2 aromatic carbocycles. The zero-order valence-electron chi connectivity index (χ0n) is 16.7. The molecule has 1 N–H and O–H groups in total. The van der Waals surface area contributed by atoms with Crippen molar-refractivity contribution in [2.45, 2.75) is 38.8 Å². The highest BCUT2D eigenvalue weighted by Gasteiger charge is 2.20. The summed E-state index contributed by atoms with van der Waals surface area (Å²) in [7, 11) is 0. The summed E-state index contributed by atoms with van der Waals surface area (Å²) in [6.45, 7) is 3.32. The van der Waals surface area contributed by atoms with Gasteiger partial charge in [-0.3, -0.25) is 4.79 Å². The Labute approximate surface area is 173 Å². The van der Waals surface area contributed by atoms with Crippen LogP contribution < -0.4 is 20.8 Å². The number of hydrogen-bond acceptors (Lipinski definition) is 6. The van der Waals surface area contributed by atoms with E-state index in [0.29, 0.717) is 17.8 Å². The number of carboxylic acid groups (broad SMARTS) is 1. The lowest BCUT2D eigenvalue weighted by molar-refractivity contribution is -0.308. The van der Waals surface area contributed by atoms with E-state index in [4.69, 9.17) is 9.15 Å². The van der Waals surface area contributed by atoms with Gasteiger partial charge in [0.15, 0.2) is 6.10 Å². The van der Waals surface area contributed by atoms with Gasteiger partial charge in [-0.15, -0.1) is 0 Å². The molecular formula is C23H22NO6-. The first kappa shape index (κ1) is 21.1. The number of hydrogen-bond donors (Lipinski definition) is 1. The Kier molecular flexibility index (Phi) is 6.51. The summed E-state index contributed by atoms with van der Waals surface area (Å²) in [6.07, 6.45) is -0.101. The summed E-state index contributed by atoms with van der Waals surface area (Å²) in [5, 5.41) is 14.3. The van der Waals surface area contributed by atoms with Crippen molar-refractivity contribution < 1.29 is 23.8 Å². The van der Waals surface area contributed by atoms with Crippen molar-refractivity contribution in [3.05, 3.63) is 65.0 Å². The minimum absolute atomic E-state index is 0.268. The van der Waals surface area contributed by atoms with Gasteiger partial charge in [0.1, 0.15) is 11.3 Å². The van der Waals surface area contributed by atoms with Crippen molar-refractivity contribution in [3.63, 3.8) is 0 Å². The third kappa shape index (κ3) is 4.86. The van der Waals surface area contributed by atoms with Crippen LogP contribution in [-0.2, 0) is 9.59 Å². The minimum Gasteiger partial charge on any atom is -0.548 e. The lowest BCUT2D eigenvalue weighted by Crippen LogP contribution is -2.51. The number of benzene rings is 2. The number of fused-ring (bicyclic) bond motifs is 1. The Morgan fingerprint density at radius 2 is 1.87 bits per heavy atom. The molecule has 0 aliphatic rings. The first-order valence-corrected chi connectivity index (χ1v) is 9.70. The highest BCUT2D eigenvalue weighted by atomic mass is 16.5. The SMILES string of the molecule is CCC[C@H](NC(=O)[C@@H](C)Oc1ccc2c(-c3ccccc3)cc(=O)oc2c1)C(=O)[O-]. The summed E-state index contributed by atoms with van der Waals surface area (Å²) in [6, 6.07) is 14.8. The number of ether oxygens (including phenoxy) is 1. The normalized spacial score (nSPS) is 12.9. The van der Waals surface area contributed by atoms with E-state index in [1.54, 1.807) is 12.1 Å². The number of aliphatic carboxylic acids is 1. The standard InChI is InChI=1S/C23H23NO6/c1-3-7-19(23(27)28)24-22(26)14(2)29-16-10-11-17-18(15-8-5-4-6-9-15)13-21(25)30-20(17)12-16/h4-6,8-14,19H,3,7H2,1-2H3,(H,24,26)(H,27,28)/p-1/t14-,19+/m1/s1. The lowest BCUT2D eigenvalue weighted by atomic mass is 10.0. The maximum atomic E-state index is 12.3. The van der Waals surface area contributed by atoms with Crippen LogP contribution in [0.15, 0.2) is 63.8 Å². The van der Waals surface area contributed by atoms with Crippen LogP contribution in [0.25, 0.3) is 22.1 Å². The molecule has 7 heteroatoms. The average molecular weight is 408 g/mol. The van der Waals surface area contributed by atoms with Gasteiger partial charge < -0.3 is 24.4 Å². The molecule has 1 aromatic heterocycles. The fraction of sp³-hybridized carbons (Fsp3) is 0.261. The molecule has 0 saturated carbocycles. The summed E-state index contributed by atoms with van der Waals surface area (Å²) >= 11 is 0. The van der Waals surface area contributed by atoms with Gasteiger partial charge in [0, 0.05) is 17.5 Å². The van der Waals surface area contributed by atoms with E-state index in [2.05, 4.69) is 5.32 Å². The third-order valence-corrected chi connectivity index (χ3v) is 4.66. The summed E-state index contributed by atoms with van der Waals surface area (Å²) in [4.78, 5) is 35.5. The van der Waals surface area contributed by atoms with E-state index in [-0.39, 0.29) is 6.42 Å². The molecule has 0 spiro atoms. The van der Waals surface area contributed by atoms with Gasteiger partial charge in [0.05, 0.1) is 12.0 Å². The van der Waals surface area contributed by atoms with Gasteiger partial charge in [-0.2, -0.15) is 0 Å². The molecule has 156 valence electrons. The second kappa shape index (κ2) is 9.26. The molecule has 0 unspecified atom stereocenters. The number of carbonyl (C=O) groups is 2. The maximum Gasteiger partial charge on any atom is 0.336 e. The van der Waals surface area contributed by atoms with Gasteiger partial charge in [0.25, 0.3) is 5.91 Å². The average Bonchev–Trinajstić information content (AvgIpc) is 2.73. The molecular weight excluding hydrogens is 386 g/mol. The Bertz CT molecular complexity index is 1110. The van der Waals surface area contributed by atoms with Gasteiger partial charge in [-0.05, 0) is 36.6 Å². The lowest BCUT2D eigenvalue weighted by Gasteiger charge is -2.22. The number of rotatable bonds is 8. The Morgan fingerprint density at radius 1 is 1.13 bits per heavy atom. The van der Waals surface area contributed by atoms with Crippen LogP contribution >= 0.6 is 0 Å². The van der Waals surface area contributed by atoms with E-state index >= 15 is 0 Å². The summed E-state index contributed by atoms with van der Waals surface area (Å²) in [5.74, 6) is -1.59. The van der Waals surface area contributed by atoms with Gasteiger partial charge >= 0.3 is 5.63 Å². The third-order valence-electron chi connectivity index (χ3n) is 4.66. The van der Waals surface area contributed by atoms with Crippen molar-refractivity contribution in [2.24, 2.45) is 0 Å². The number of carboxylic acids is 1. The smallest absolute Gasteiger partial charge is 0.336 e. The van der Waals surface area contributed by atoms with E-state index in [0.717, 1.165) is 16.5 Å². The number of amides is 1. The quantitative estimate of drug-likeness (QED) is 0.573. The second-order valence-electron chi connectivity index (χ2n) is 6.93. The van der Waals surface area contributed by atoms with Crippen LogP contribution in [0.4, 0.5) is 0 Å². The Morgan fingerprint density at radius 3 is 2.53 bits per heavy atom. The fourth-order valence-corrected chi connectivity index (χ4v) is 3.16. The molecule has 1 amide bonds. The largest absolute Gasteiger partial charge is 0.548 e. The fourth-order valence-electron chi connectivity index (χ4n) is 3.16. The number of carbonyl (C=O) groups excluding carboxylic acids is 2. The van der Waals surface area contributed by atoms with E-state index in [1.165, 1.54) is 19.1 Å². The van der Waals surface area contributed by atoms with Gasteiger partial charge in [0.2, 0.25) is 0 Å². The van der Waals surface area contributed by atoms with Crippen LogP contribution in [0.3, 0.4) is 0 Å². The van der Waals surface area contributed by atoms with Crippen molar-refractivity contribution in [1.82, 2.24) is 5.32 Å². The van der Waals surface area contributed by atoms with Crippen molar-refractivity contribution in [3.8, 4) is 16.9 Å². The Balaban J connectivity index is 1.83. The predicted octanol–water partition coefficient (Wildman–Crippen LogP) is 2.26. The molecule has 3 rings (SSSR count). The topological polar surface area (TPSA) is 109 Å². The second-order valence-corrected chi connectivity index (χ2v) is 6.93. The molecule has 7 nitrogen and oxygen atoms in total. The van der Waals surface area contributed by atoms with Crippen LogP contribution in [0, 0.1) is 0 Å². The molecule has 0 radical (unpaired) electrons. The molecule has 0 aliphatic carbocycles. The van der Waals surface area contributed by atoms with E-state index < -0.39 is 29.6 Å². The minimum atomic E-state index is -1.33. The first-order chi connectivity index (χ1) is 14.4. The van der Waals surface area contributed by atoms with Crippen LogP contribution in [0.2, 0.25) is 0 Å². The molecule has 0 aliphatic heterocycles. The summed E-state index contributed by atoms with van der Waals surface area (Å²) in [5.41, 5.74) is 1.43. The molecule has 3 aromatic rings. The molecule has 0 fully saturated rings. The van der Waals surface area contributed by atoms with E-state index in [1.807, 2.05) is 37.3 Å².